The third-order valence-electron chi connectivity index (χ3n) is 3.31. The van der Waals surface area contributed by atoms with Crippen molar-refractivity contribution in [3.63, 3.8) is 0 Å². The van der Waals surface area contributed by atoms with E-state index >= 15 is 0 Å². The largest absolute Gasteiger partial charge is 0.465 e. The zero-order valence-electron chi connectivity index (χ0n) is 11.8. The van der Waals surface area contributed by atoms with Crippen LogP contribution in [0.15, 0.2) is 30.3 Å². The second-order valence-corrected chi connectivity index (χ2v) is 4.74. The Balaban J connectivity index is 2.18. The molecule has 1 heterocycles. The van der Waals surface area contributed by atoms with Crippen LogP contribution in [0.3, 0.4) is 0 Å². The molecular formula is C13H17N5O3. The minimum absolute atomic E-state index is 0.180. The lowest BCUT2D eigenvalue weighted by molar-refractivity contribution is 0.0451. The number of aliphatic hydroxyl groups is 1. The van der Waals surface area contributed by atoms with E-state index in [0.29, 0.717) is 0 Å². The fourth-order valence-corrected chi connectivity index (χ4v) is 2.04. The number of benzene rings is 1. The maximum atomic E-state index is 11.5. The lowest BCUT2D eigenvalue weighted by Crippen LogP contribution is -2.41. The van der Waals surface area contributed by atoms with E-state index in [2.05, 4.69) is 15.5 Å². The summed E-state index contributed by atoms with van der Waals surface area (Å²) in [7, 11) is 1.59. The fourth-order valence-electron chi connectivity index (χ4n) is 2.04. The maximum absolute atomic E-state index is 11.5. The van der Waals surface area contributed by atoms with Crippen molar-refractivity contribution in [3.05, 3.63) is 41.7 Å². The molecule has 21 heavy (non-hydrogen) atoms. The van der Waals surface area contributed by atoms with E-state index in [9.17, 15) is 15.0 Å². The molecule has 0 aliphatic rings. The Bertz CT molecular complexity index is 601. The highest BCUT2D eigenvalue weighted by molar-refractivity contribution is 5.65. The average Bonchev–Trinajstić information content (AvgIpc) is 2.90. The molecule has 0 aliphatic carbocycles. The molecule has 2 N–H and O–H groups in total. The lowest BCUT2D eigenvalue weighted by atomic mass is 10.1. The summed E-state index contributed by atoms with van der Waals surface area (Å²) in [5.41, 5.74) is 0.843. The smallest absolute Gasteiger partial charge is 0.407 e. The van der Waals surface area contributed by atoms with Crippen molar-refractivity contribution >= 4 is 6.09 Å². The average molecular weight is 291 g/mol. The highest BCUT2D eigenvalue weighted by Crippen LogP contribution is 2.20. The van der Waals surface area contributed by atoms with Gasteiger partial charge >= 0.3 is 6.09 Å². The molecular weight excluding hydrogens is 274 g/mol. The number of aliphatic hydroxyl groups excluding tert-OH is 1. The zero-order chi connectivity index (χ0) is 15.4. The summed E-state index contributed by atoms with van der Waals surface area (Å²) in [6.45, 7) is 1.80. The summed E-state index contributed by atoms with van der Waals surface area (Å²) in [5, 5.41) is 30.5. The topological polar surface area (TPSA) is 104 Å². The number of carbonyl (C=O) groups is 1. The molecule has 2 atom stereocenters. The van der Waals surface area contributed by atoms with Crippen LogP contribution in [0.5, 0.6) is 0 Å². The third-order valence-corrected chi connectivity index (χ3v) is 3.31. The van der Waals surface area contributed by atoms with Gasteiger partial charge in [-0.05, 0) is 22.9 Å². The van der Waals surface area contributed by atoms with E-state index in [1.54, 1.807) is 14.0 Å². The first-order valence-corrected chi connectivity index (χ1v) is 6.44. The number of tetrazole rings is 1. The second kappa shape index (κ2) is 6.31. The van der Waals surface area contributed by atoms with Crippen LogP contribution in [0.25, 0.3) is 0 Å². The van der Waals surface area contributed by atoms with Crippen molar-refractivity contribution < 1.29 is 15.0 Å². The number of hydrogen-bond acceptors (Lipinski definition) is 5. The second-order valence-electron chi connectivity index (χ2n) is 4.74. The third kappa shape index (κ3) is 3.34. The van der Waals surface area contributed by atoms with Crippen molar-refractivity contribution in [2.45, 2.75) is 25.6 Å². The van der Waals surface area contributed by atoms with E-state index in [4.69, 9.17) is 0 Å². The predicted molar refractivity (Wildman–Crippen MR) is 73.2 cm³/mol. The minimum atomic E-state index is -1.11. The van der Waals surface area contributed by atoms with Gasteiger partial charge in [0.15, 0.2) is 5.82 Å². The van der Waals surface area contributed by atoms with Crippen LogP contribution in [0.4, 0.5) is 4.79 Å². The van der Waals surface area contributed by atoms with Gasteiger partial charge in [0.1, 0.15) is 6.10 Å². The normalized spacial score (nSPS) is 13.7. The molecule has 0 fully saturated rings. The van der Waals surface area contributed by atoms with E-state index in [-0.39, 0.29) is 12.4 Å². The van der Waals surface area contributed by atoms with Crippen LogP contribution in [0.1, 0.15) is 24.4 Å². The fraction of sp³-hybridized carbons (Fsp3) is 0.385. The molecule has 2 aromatic rings. The van der Waals surface area contributed by atoms with Gasteiger partial charge in [0.2, 0.25) is 0 Å². The summed E-state index contributed by atoms with van der Waals surface area (Å²) >= 11 is 0. The Morgan fingerprint density at radius 1 is 1.38 bits per heavy atom. The van der Waals surface area contributed by atoms with Crippen molar-refractivity contribution in [1.29, 1.82) is 0 Å². The number of amides is 1. The number of nitrogens with zero attached hydrogens (tertiary/aromatic N) is 5. The summed E-state index contributed by atoms with van der Waals surface area (Å²) in [6.07, 6.45) is -2.22. The molecule has 112 valence electrons. The molecule has 0 unspecified atom stereocenters. The SMILES string of the molecule is C[C@@H]([C@H](O)c1nnnn1C)N(Cc1ccccc1)C(=O)O. The molecule has 8 heteroatoms. The Labute approximate surface area is 121 Å². The maximum Gasteiger partial charge on any atom is 0.407 e. The highest BCUT2D eigenvalue weighted by Gasteiger charge is 2.30. The number of hydrogen-bond donors (Lipinski definition) is 2. The molecule has 0 saturated carbocycles. The number of carboxylic acid groups (broad SMARTS) is 1. The molecule has 2 rings (SSSR count). The molecule has 1 aromatic carbocycles. The van der Waals surface area contributed by atoms with Crippen LogP contribution in [0.2, 0.25) is 0 Å². The van der Waals surface area contributed by atoms with Crippen molar-refractivity contribution in [3.8, 4) is 0 Å². The Kier molecular flexibility index (Phi) is 4.49. The van der Waals surface area contributed by atoms with Crippen LogP contribution in [-0.4, -0.2) is 47.5 Å². The van der Waals surface area contributed by atoms with Gasteiger partial charge in [0.25, 0.3) is 0 Å². The van der Waals surface area contributed by atoms with Crippen LogP contribution in [0, 0.1) is 0 Å². The molecule has 1 aromatic heterocycles. The van der Waals surface area contributed by atoms with Gasteiger partial charge in [-0.2, -0.15) is 0 Å². The molecule has 8 nitrogen and oxygen atoms in total. The summed E-state index contributed by atoms with van der Waals surface area (Å²) in [6, 6.07) is 8.51. The highest BCUT2D eigenvalue weighted by atomic mass is 16.4. The predicted octanol–water partition coefficient (Wildman–Crippen LogP) is 0.812. The minimum Gasteiger partial charge on any atom is -0.465 e. The first kappa shape index (κ1) is 14.9. The Morgan fingerprint density at radius 3 is 2.57 bits per heavy atom. The molecule has 0 bridgehead atoms. The van der Waals surface area contributed by atoms with E-state index in [1.807, 2.05) is 30.3 Å². The van der Waals surface area contributed by atoms with Crippen LogP contribution < -0.4 is 0 Å². The molecule has 0 radical (unpaired) electrons. The van der Waals surface area contributed by atoms with Crippen LogP contribution >= 0.6 is 0 Å². The van der Waals surface area contributed by atoms with Gasteiger partial charge < -0.3 is 10.2 Å². The van der Waals surface area contributed by atoms with Crippen LogP contribution in [-0.2, 0) is 13.6 Å². The Morgan fingerprint density at radius 2 is 2.05 bits per heavy atom. The quantitative estimate of drug-likeness (QED) is 0.844. The van der Waals surface area contributed by atoms with Crippen molar-refractivity contribution in [1.82, 2.24) is 25.1 Å². The van der Waals surface area contributed by atoms with Gasteiger partial charge in [-0.1, -0.05) is 30.3 Å². The first-order valence-electron chi connectivity index (χ1n) is 6.44. The molecule has 0 spiro atoms. The molecule has 0 aliphatic heterocycles. The monoisotopic (exact) mass is 291 g/mol. The lowest BCUT2D eigenvalue weighted by Gasteiger charge is -2.29. The van der Waals surface area contributed by atoms with E-state index < -0.39 is 18.2 Å². The number of aromatic nitrogens is 4. The van der Waals surface area contributed by atoms with Crippen molar-refractivity contribution in [2.24, 2.45) is 7.05 Å². The number of aryl methyl sites for hydroxylation is 1. The summed E-state index contributed by atoms with van der Waals surface area (Å²) in [5.74, 6) is 0.224. The molecule has 0 saturated heterocycles. The standard InChI is InChI=1S/C13H17N5O3/c1-9(11(19)12-14-15-16-17(12)2)18(13(20)21)8-10-6-4-3-5-7-10/h3-7,9,11,19H,8H2,1-2H3,(H,20,21)/t9-,11-/m0/s1. The van der Waals surface area contributed by atoms with Crippen molar-refractivity contribution in [2.75, 3.05) is 0 Å². The van der Waals surface area contributed by atoms with E-state index in [0.717, 1.165) is 10.5 Å². The van der Waals surface area contributed by atoms with Gasteiger partial charge in [0.05, 0.1) is 6.04 Å². The van der Waals surface area contributed by atoms with Gasteiger partial charge in [-0.3, -0.25) is 4.90 Å². The van der Waals surface area contributed by atoms with E-state index in [1.165, 1.54) is 4.68 Å². The van der Waals surface area contributed by atoms with Gasteiger partial charge in [0, 0.05) is 13.6 Å². The summed E-state index contributed by atoms with van der Waals surface area (Å²) < 4.78 is 1.32. The van der Waals surface area contributed by atoms with Gasteiger partial charge in [-0.15, -0.1) is 5.10 Å². The van der Waals surface area contributed by atoms with Gasteiger partial charge in [-0.25, -0.2) is 9.48 Å². The zero-order valence-corrected chi connectivity index (χ0v) is 11.8. The first-order chi connectivity index (χ1) is 10.0. The molecule has 1 amide bonds. The number of rotatable bonds is 5. The summed E-state index contributed by atoms with van der Waals surface area (Å²) in [4.78, 5) is 12.6. The Hall–Kier alpha value is -2.48.